The zero-order valence-corrected chi connectivity index (χ0v) is 12.1. The van der Waals surface area contributed by atoms with Gasteiger partial charge in [-0.1, -0.05) is 36.4 Å². The molecule has 1 N–H and O–H groups in total. The number of benzene rings is 2. The molecule has 1 atom stereocenters. The lowest BCUT2D eigenvalue weighted by Gasteiger charge is -2.12. The maximum Gasteiger partial charge on any atom is 0.573 e. The van der Waals surface area contributed by atoms with Crippen molar-refractivity contribution in [2.24, 2.45) is 0 Å². The van der Waals surface area contributed by atoms with Gasteiger partial charge < -0.3 is 10.1 Å². The number of rotatable bonds is 3. The quantitative estimate of drug-likeness (QED) is 0.920. The Morgan fingerprint density at radius 1 is 0.957 bits per heavy atom. The maximum atomic E-state index is 12.1. The number of nitrogens with one attached hydrogen (secondary N) is 1. The summed E-state index contributed by atoms with van der Waals surface area (Å²) in [6.07, 6.45) is -3.37. The van der Waals surface area contributed by atoms with E-state index in [2.05, 4.69) is 10.1 Å². The molecule has 1 aliphatic heterocycles. The monoisotopic (exact) mass is 321 g/mol. The zero-order valence-electron chi connectivity index (χ0n) is 12.1. The van der Waals surface area contributed by atoms with Crippen LogP contribution in [-0.2, 0) is 4.79 Å². The van der Waals surface area contributed by atoms with Crippen molar-refractivity contribution in [2.45, 2.75) is 25.2 Å². The molecular formula is C17H14F3NO2. The first kappa shape index (κ1) is 15.4. The average Bonchev–Trinajstić information content (AvgIpc) is 2.93. The Hall–Kier alpha value is -2.50. The lowest BCUT2D eigenvalue weighted by Crippen LogP contribution is -2.18. The van der Waals surface area contributed by atoms with Crippen LogP contribution < -0.4 is 10.1 Å². The summed E-state index contributed by atoms with van der Waals surface area (Å²) < 4.78 is 40.2. The van der Waals surface area contributed by atoms with Crippen molar-refractivity contribution in [3.8, 4) is 16.9 Å². The van der Waals surface area contributed by atoms with Crippen molar-refractivity contribution in [3.63, 3.8) is 0 Å². The highest BCUT2D eigenvalue weighted by atomic mass is 19.4. The van der Waals surface area contributed by atoms with Crippen LogP contribution in [0.1, 0.15) is 24.4 Å². The second-order valence-electron chi connectivity index (χ2n) is 5.35. The smallest absolute Gasteiger partial charge is 0.406 e. The highest BCUT2D eigenvalue weighted by Gasteiger charge is 2.31. The van der Waals surface area contributed by atoms with E-state index in [0.717, 1.165) is 23.1 Å². The summed E-state index contributed by atoms with van der Waals surface area (Å²) in [6.45, 7) is 0. The first-order valence-electron chi connectivity index (χ1n) is 7.16. The van der Waals surface area contributed by atoms with E-state index in [1.165, 1.54) is 12.1 Å². The molecule has 0 aromatic heterocycles. The van der Waals surface area contributed by atoms with Gasteiger partial charge in [0.25, 0.3) is 0 Å². The van der Waals surface area contributed by atoms with E-state index < -0.39 is 6.36 Å². The van der Waals surface area contributed by atoms with Gasteiger partial charge in [0.05, 0.1) is 6.04 Å². The fourth-order valence-corrected chi connectivity index (χ4v) is 2.62. The second-order valence-corrected chi connectivity index (χ2v) is 5.35. The lowest BCUT2D eigenvalue weighted by atomic mass is 10.00. The van der Waals surface area contributed by atoms with Gasteiger partial charge in [0.1, 0.15) is 5.75 Å². The SMILES string of the molecule is O=C1CC[C@@H](c2ccc(-c3ccc(OC(F)(F)F)cc3)cc2)N1. The summed E-state index contributed by atoms with van der Waals surface area (Å²) in [7, 11) is 0. The summed E-state index contributed by atoms with van der Waals surface area (Å²) >= 11 is 0. The molecule has 0 bridgehead atoms. The second kappa shape index (κ2) is 5.95. The van der Waals surface area contributed by atoms with Gasteiger partial charge in [-0.05, 0) is 35.2 Å². The minimum atomic E-state index is -4.69. The average molecular weight is 321 g/mol. The van der Waals surface area contributed by atoms with E-state index >= 15 is 0 Å². The number of amides is 1. The Labute approximate surface area is 131 Å². The topological polar surface area (TPSA) is 38.3 Å². The van der Waals surface area contributed by atoms with Crippen LogP contribution in [0.2, 0.25) is 0 Å². The van der Waals surface area contributed by atoms with Gasteiger partial charge in [0.2, 0.25) is 5.91 Å². The van der Waals surface area contributed by atoms with Crippen molar-refractivity contribution in [3.05, 3.63) is 54.1 Å². The summed E-state index contributed by atoms with van der Waals surface area (Å²) in [6, 6.07) is 13.4. The van der Waals surface area contributed by atoms with E-state index in [-0.39, 0.29) is 17.7 Å². The molecule has 3 nitrogen and oxygen atoms in total. The maximum absolute atomic E-state index is 12.1. The number of ether oxygens (including phenoxy) is 1. The molecule has 1 aliphatic rings. The van der Waals surface area contributed by atoms with Crippen molar-refractivity contribution >= 4 is 5.91 Å². The summed E-state index contributed by atoms with van der Waals surface area (Å²) in [4.78, 5) is 11.2. The first-order valence-corrected chi connectivity index (χ1v) is 7.16. The Balaban J connectivity index is 1.73. The predicted octanol–water partition coefficient (Wildman–Crippen LogP) is 4.20. The lowest BCUT2D eigenvalue weighted by molar-refractivity contribution is -0.274. The molecule has 2 aromatic carbocycles. The minimum absolute atomic E-state index is 0.0408. The Morgan fingerprint density at radius 3 is 2.00 bits per heavy atom. The highest BCUT2D eigenvalue weighted by Crippen LogP contribution is 2.29. The molecule has 1 fully saturated rings. The zero-order chi connectivity index (χ0) is 16.4. The van der Waals surface area contributed by atoms with Crippen molar-refractivity contribution in [1.82, 2.24) is 5.32 Å². The van der Waals surface area contributed by atoms with Gasteiger partial charge in [-0.2, -0.15) is 0 Å². The third-order valence-electron chi connectivity index (χ3n) is 3.73. The van der Waals surface area contributed by atoms with Crippen LogP contribution in [0.3, 0.4) is 0 Å². The molecule has 1 amide bonds. The van der Waals surface area contributed by atoms with Gasteiger partial charge in [-0.3, -0.25) is 4.79 Å². The molecule has 0 saturated carbocycles. The minimum Gasteiger partial charge on any atom is -0.406 e. The van der Waals surface area contributed by atoms with Gasteiger partial charge >= 0.3 is 6.36 Å². The van der Waals surface area contributed by atoms with E-state index in [1.54, 1.807) is 12.1 Å². The molecule has 0 unspecified atom stereocenters. The predicted molar refractivity (Wildman–Crippen MR) is 78.7 cm³/mol. The van der Waals surface area contributed by atoms with E-state index in [0.29, 0.717) is 6.42 Å². The number of alkyl halides is 3. The van der Waals surface area contributed by atoms with Gasteiger partial charge in [0, 0.05) is 6.42 Å². The molecule has 0 spiro atoms. The third kappa shape index (κ3) is 3.83. The van der Waals surface area contributed by atoms with Crippen LogP contribution in [0.15, 0.2) is 48.5 Å². The van der Waals surface area contributed by atoms with Crippen LogP contribution in [-0.4, -0.2) is 12.3 Å². The van der Waals surface area contributed by atoms with Crippen LogP contribution in [0.4, 0.5) is 13.2 Å². The van der Waals surface area contributed by atoms with Gasteiger partial charge in [-0.25, -0.2) is 0 Å². The van der Waals surface area contributed by atoms with E-state index in [1.807, 2.05) is 24.3 Å². The fraction of sp³-hybridized carbons (Fsp3) is 0.235. The van der Waals surface area contributed by atoms with E-state index in [4.69, 9.17) is 0 Å². The number of hydrogen-bond donors (Lipinski definition) is 1. The Morgan fingerprint density at radius 2 is 1.52 bits per heavy atom. The standard InChI is InChI=1S/C17H14F3NO2/c18-17(19,20)23-14-7-5-12(6-8-14)11-1-3-13(4-2-11)15-9-10-16(22)21-15/h1-8,15H,9-10H2,(H,21,22)/t15-/m0/s1. The number of carbonyl (C=O) groups excluding carboxylic acids is 1. The van der Waals surface area contributed by atoms with Crippen molar-refractivity contribution in [1.29, 1.82) is 0 Å². The largest absolute Gasteiger partial charge is 0.573 e. The molecule has 120 valence electrons. The molecule has 3 rings (SSSR count). The molecule has 1 saturated heterocycles. The molecule has 1 heterocycles. The fourth-order valence-electron chi connectivity index (χ4n) is 2.62. The molecule has 0 aliphatic carbocycles. The summed E-state index contributed by atoms with van der Waals surface area (Å²) in [5.74, 6) is -0.189. The van der Waals surface area contributed by atoms with Gasteiger partial charge in [0.15, 0.2) is 0 Å². The number of halogens is 3. The highest BCUT2D eigenvalue weighted by molar-refractivity contribution is 5.78. The van der Waals surface area contributed by atoms with Crippen LogP contribution >= 0.6 is 0 Å². The molecular weight excluding hydrogens is 307 g/mol. The molecule has 2 aromatic rings. The number of carbonyl (C=O) groups is 1. The Bertz CT molecular complexity index is 693. The summed E-state index contributed by atoms with van der Waals surface area (Å²) in [5, 5.41) is 2.90. The van der Waals surface area contributed by atoms with E-state index in [9.17, 15) is 18.0 Å². The van der Waals surface area contributed by atoms with Crippen molar-refractivity contribution < 1.29 is 22.7 Å². The Kier molecular flexibility index (Phi) is 3.98. The molecule has 6 heteroatoms. The van der Waals surface area contributed by atoms with Crippen LogP contribution in [0, 0.1) is 0 Å². The third-order valence-corrected chi connectivity index (χ3v) is 3.73. The van der Waals surface area contributed by atoms with Crippen LogP contribution in [0.5, 0.6) is 5.75 Å². The summed E-state index contributed by atoms with van der Waals surface area (Å²) in [5.41, 5.74) is 2.70. The number of hydrogen-bond acceptors (Lipinski definition) is 2. The molecule has 23 heavy (non-hydrogen) atoms. The van der Waals surface area contributed by atoms with Gasteiger partial charge in [-0.15, -0.1) is 13.2 Å². The first-order chi connectivity index (χ1) is 10.9. The van der Waals surface area contributed by atoms with Crippen LogP contribution in [0.25, 0.3) is 11.1 Å². The molecule has 0 radical (unpaired) electrons. The van der Waals surface area contributed by atoms with Crippen molar-refractivity contribution in [2.75, 3.05) is 0 Å². The normalized spacial score (nSPS) is 17.9.